The highest BCUT2D eigenvalue weighted by atomic mass is 35.5. The van der Waals surface area contributed by atoms with Gasteiger partial charge in [0.25, 0.3) is 0 Å². The minimum Gasteiger partial charge on any atom is -0.410 e. The molecule has 1 aliphatic heterocycles. The maximum absolute atomic E-state index is 12.8. The summed E-state index contributed by atoms with van der Waals surface area (Å²) in [4.78, 5) is 31.2. The van der Waals surface area contributed by atoms with Crippen LogP contribution in [0.25, 0.3) is 11.3 Å². The first kappa shape index (κ1) is 19.4. The van der Waals surface area contributed by atoms with Crippen molar-refractivity contribution in [2.45, 2.75) is 18.9 Å². The van der Waals surface area contributed by atoms with Crippen molar-refractivity contribution in [3.8, 4) is 17.0 Å². The van der Waals surface area contributed by atoms with Crippen LogP contribution in [0.15, 0.2) is 60.0 Å². The number of hydrogen-bond donors (Lipinski definition) is 1. The molecule has 0 saturated carbocycles. The van der Waals surface area contributed by atoms with Gasteiger partial charge in [-0.3, -0.25) is 9.69 Å². The molecule has 1 saturated heterocycles. The molecule has 2 amide bonds. The Balaban J connectivity index is 1.41. The highest BCUT2D eigenvalue weighted by Gasteiger charge is 2.35. The summed E-state index contributed by atoms with van der Waals surface area (Å²) in [6.07, 6.45) is 0.816. The number of halogens is 1. The number of carbonyl (C=O) groups excluding carboxylic acids is 2. The van der Waals surface area contributed by atoms with Gasteiger partial charge >= 0.3 is 6.09 Å². The topological polar surface area (TPSA) is 71.5 Å². The number of anilines is 1. The number of hydrogen-bond acceptors (Lipinski definition) is 5. The molecular formula is C21H18ClN3O3S. The van der Waals surface area contributed by atoms with Crippen molar-refractivity contribution >= 4 is 40.1 Å². The average Bonchev–Trinajstić information content (AvgIpc) is 3.39. The number of nitrogens with one attached hydrogen (secondary N) is 1. The summed E-state index contributed by atoms with van der Waals surface area (Å²) in [7, 11) is 0. The number of ether oxygens (including phenoxy) is 1. The minimum absolute atomic E-state index is 0.260. The van der Waals surface area contributed by atoms with E-state index >= 15 is 0 Å². The fraction of sp³-hybridized carbons (Fsp3) is 0.190. The summed E-state index contributed by atoms with van der Waals surface area (Å²) in [5.41, 5.74) is 1.67. The second-order valence-corrected chi connectivity index (χ2v) is 7.86. The Labute approximate surface area is 177 Å². The summed E-state index contributed by atoms with van der Waals surface area (Å²) in [6.45, 7) is 0.484. The van der Waals surface area contributed by atoms with Crippen molar-refractivity contribution in [2.24, 2.45) is 0 Å². The molecule has 6 nitrogen and oxygen atoms in total. The summed E-state index contributed by atoms with van der Waals surface area (Å²) < 4.78 is 5.38. The van der Waals surface area contributed by atoms with E-state index < -0.39 is 12.1 Å². The molecule has 0 radical (unpaired) electrons. The van der Waals surface area contributed by atoms with Gasteiger partial charge in [0.05, 0.1) is 5.69 Å². The van der Waals surface area contributed by atoms with Crippen molar-refractivity contribution in [1.29, 1.82) is 0 Å². The van der Waals surface area contributed by atoms with E-state index in [9.17, 15) is 9.59 Å². The van der Waals surface area contributed by atoms with Gasteiger partial charge < -0.3 is 10.1 Å². The van der Waals surface area contributed by atoms with E-state index in [0.717, 1.165) is 17.7 Å². The highest BCUT2D eigenvalue weighted by molar-refractivity contribution is 7.14. The van der Waals surface area contributed by atoms with Crippen LogP contribution in [0.5, 0.6) is 5.75 Å². The SMILES string of the molecule is O=C(Nc1nc(-c2ccc(Cl)cc2)cs1)[C@@H]1CCCN1C(=O)Oc1ccccc1. The number of nitrogens with zero attached hydrogens (tertiary/aromatic N) is 2. The zero-order valence-corrected chi connectivity index (χ0v) is 16.9. The normalized spacial score (nSPS) is 15.9. The molecular weight excluding hydrogens is 410 g/mol. The third-order valence-electron chi connectivity index (χ3n) is 4.61. The summed E-state index contributed by atoms with van der Waals surface area (Å²) in [5.74, 6) is 0.195. The molecule has 8 heteroatoms. The van der Waals surface area contributed by atoms with E-state index in [1.807, 2.05) is 23.6 Å². The van der Waals surface area contributed by atoms with Crippen molar-refractivity contribution in [2.75, 3.05) is 11.9 Å². The minimum atomic E-state index is -0.575. The number of thiazole rings is 1. The Morgan fingerprint density at radius 1 is 1.14 bits per heavy atom. The summed E-state index contributed by atoms with van der Waals surface area (Å²) in [6, 6.07) is 15.6. The van der Waals surface area contributed by atoms with E-state index in [1.165, 1.54) is 16.2 Å². The van der Waals surface area contributed by atoms with Crippen molar-refractivity contribution < 1.29 is 14.3 Å². The molecule has 4 rings (SSSR count). The Morgan fingerprint density at radius 3 is 2.66 bits per heavy atom. The van der Waals surface area contributed by atoms with Crippen LogP contribution in [0.1, 0.15) is 12.8 Å². The van der Waals surface area contributed by atoms with E-state index in [1.54, 1.807) is 36.4 Å². The molecule has 29 heavy (non-hydrogen) atoms. The summed E-state index contributed by atoms with van der Waals surface area (Å²) >= 11 is 7.26. The van der Waals surface area contributed by atoms with Gasteiger partial charge in [-0.15, -0.1) is 11.3 Å². The van der Waals surface area contributed by atoms with Crippen molar-refractivity contribution in [1.82, 2.24) is 9.88 Å². The van der Waals surface area contributed by atoms with Crippen molar-refractivity contribution in [3.63, 3.8) is 0 Å². The predicted molar refractivity (Wildman–Crippen MR) is 113 cm³/mol. The molecule has 3 aromatic rings. The lowest BCUT2D eigenvalue weighted by atomic mass is 10.2. The number of benzene rings is 2. The van der Waals surface area contributed by atoms with E-state index in [4.69, 9.17) is 16.3 Å². The maximum Gasteiger partial charge on any atom is 0.415 e. The van der Waals surface area contributed by atoms with Crippen LogP contribution in [-0.4, -0.2) is 34.5 Å². The molecule has 2 heterocycles. The number of likely N-dealkylation sites (tertiary alicyclic amines) is 1. The number of aromatic nitrogens is 1. The molecule has 1 N–H and O–H groups in total. The van der Waals surface area contributed by atoms with Gasteiger partial charge in [0.1, 0.15) is 11.8 Å². The van der Waals surface area contributed by atoms with Crippen LogP contribution in [0.3, 0.4) is 0 Å². The number of rotatable bonds is 4. The largest absolute Gasteiger partial charge is 0.415 e. The average molecular weight is 428 g/mol. The summed E-state index contributed by atoms with van der Waals surface area (Å²) in [5, 5.41) is 5.84. The van der Waals surface area contributed by atoms with Crippen LogP contribution < -0.4 is 10.1 Å². The lowest BCUT2D eigenvalue weighted by Gasteiger charge is -2.22. The molecule has 2 aromatic carbocycles. The molecule has 0 aliphatic carbocycles. The van der Waals surface area contributed by atoms with Gasteiger partial charge in [-0.25, -0.2) is 9.78 Å². The molecule has 0 unspecified atom stereocenters. The fourth-order valence-electron chi connectivity index (χ4n) is 3.18. The molecule has 1 aromatic heterocycles. The van der Waals surface area contributed by atoms with Crippen LogP contribution in [0, 0.1) is 0 Å². The Morgan fingerprint density at radius 2 is 1.90 bits per heavy atom. The zero-order valence-electron chi connectivity index (χ0n) is 15.4. The third-order valence-corrected chi connectivity index (χ3v) is 5.62. The number of carbonyl (C=O) groups is 2. The lowest BCUT2D eigenvalue weighted by molar-refractivity contribution is -0.119. The van der Waals surface area contributed by atoms with Gasteiger partial charge in [0, 0.05) is 22.5 Å². The molecule has 0 spiro atoms. The van der Waals surface area contributed by atoms with Gasteiger partial charge in [0.15, 0.2) is 5.13 Å². The zero-order chi connectivity index (χ0) is 20.2. The van der Waals surface area contributed by atoms with Gasteiger partial charge in [-0.2, -0.15) is 0 Å². The molecule has 1 aliphatic rings. The first-order valence-corrected chi connectivity index (χ1v) is 10.4. The van der Waals surface area contributed by atoms with Crippen molar-refractivity contribution in [3.05, 3.63) is 65.0 Å². The first-order chi connectivity index (χ1) is 14.1. The van der Waals surface area contributed by atoms with Gasteiger partial charge in [-0.1, -0.05) is 41.9 Å². The van der Waals surface area contributed by atoms with E-state index in [-0.39, 0.29) is 5.91 Å². The second-order valence-electron chi connectivity index (χ2n) is 6.57. The van der Waals surface area contributed by atoms with Gasteiger partial charge in [0.2, 0.25) is 5.91 Å². The van der Waals surface area contributed by atoms with Crippen LogP contribution in [0.4, 0.5) is 9.93 Å². The predicted octanol–water partition coefficient (Wildman–Crippen LogP) is 5.07. The number of amides is 2. The van der Waals surface area contributed by atoms with E-state index in [2.05, 4.69) is 10.3 Å². The molecule has 1 fully saturated rings. The monoisotopic (exact) mass is 427 g/mol. The maximum atomic E-state index is 12.8. The standard InChI is InChI=1S/C21H18ClN3O3S/c22-15-10-8-14(9-11-15)17-13-29-20(23-17)24-19(26)18-7-4-12-25(18)21(27)28-16-5-2-1-3-6-16/h1-3,5-6,8-11,13,18H,4,7,12H2,(H,23,24,26)/t18-/m0/s1. The number of para-hydroxylation sites is 1. The highest BCUT2D eigenvalue weighted by Crippen LogP contribution is 2.27. The smallest absolute Gasteiger partial charge is 0.410 e. The van der Waals surface area contributed by atoms with Crippen LogP contribution in [-0.2, 0) is 4.79 Å². The Bertz CT molecular complexity index is 1010. The first-order valence-electron chi connectivity index (χ1n) is 9.16. The van der Waals surface area contributed by atoms with Crippen LogP contribution in [0.2, 0.25) is 5.02 Å². The molecule has 0 bridgehead atoms. The van der Waals surface area contributed by atoms with Gasteiger partial charge in [-0.05, 0) is 37.1 Å². The Hall–Kier alpha value is -2.90. The third kappa shape index (κ3) is 4.58. The second kappa shape index (κ2) is 8.63. The Kier molecular flexibility index (Phi) is 5.78. The molecule has 148 valence electrons. The van der Waals surface area contributed by atoms with E-state index in [0.29, 0.717) is 28.9 Å². The van der Waals surface area contributed by atoms with Crippen LogP contribution >= 0.6 is 22.9 Å². The lowest BCUT2D eigenvalue weighted by Crippen LogP contribution is -2.44. The molecule has 1 atom stereocenters. The fourth-order valence-corrected chi connectivity index (χ4v) is 4.03. The quantitative estimate of drug-likeness (QED) is 0.631.